The summed E-state index contributed by atoms with van der Waals surface area (Å²) in [6.45, 7) is 9.71. The number of benzene rings is 1. The number of aliphatic imine (C=N–C) groups is 1. The van der Waals surface area contributed by atoms with Gasteiger partial charge in [-0.3, -0.25) is 9.89 Å². The number of rotatable bonds is 5. The van der Waals surface area contributed by atoms with Crippen LogP contribution in [0.5, 0.6) is 0 Å². The van der Waals surface area contributed by atoms with Gasteiger partial charge >= 0.3 is 0 Å². The van der Waals surface area contributed by atoms with Crippen molar-refractivity contribution < 1.29 is 4.52 Å². The highest BCUT2D eigenvalue weighted by Crippen LogP contribution is 2.19. The Morgan fingerprint density at radius 1 is 1.23 bits per heavy atom. The molecule has 0 atom stereocenters. The minimum Gasteiger partial charge on any atom is -0.354 e. The van der Waals surface area contributed by atoms with Crippen molar-refractivity contribution in [2.75, 3.05) is 20.1 Å². The van der Waals surface area contributed by atoms with E-state index in [0.29, 0.717) is 24.3 Å². The molecule has 166 valence electrons. The molecule has 0 bridgehead atoms. The summed E-state index contributed by atoms with van der Waals surface area (Å²) in [7, 11) is 1.78. The second-order valence-corrected chi connectivity index (χ2v) is 8.95. The van der Waals surface area contributed by atoms with Crippen LogP contribution in [-0.4, -0.2) is 47.2 Å². The smallest absolute Gasteiger partial charge is 0.232 e. The second kappa shape index (κ2) is 11.3. The maximum absolute atomic E-state index is 5.97. The topological polar surface area (TPSA) is 78.6 Å². The van der Waals surface area contributed by atoms with Crippen LogP contribution in [0.3, 0.4) is 0 Å². The summed E-state index contributed by atoms with van der Waals surface area (Å²) in [6.07, 6.45) is 2.15. The van der Waals surface area contributed by atoms with E-state index in [1.165, 1.54) is 5.56 Å². The third-order valence-corrected chi connectivity index (χ3v) is 5.25. The molecule has 30 heavy (non-hydrogen) atoms. The van der Waals surface area contributed by atoms with E-state index in [-0.39, 0.29) is 29.4 Å². The van der Waals surface area contributed by atoms with Gasteiger partial charge in [-0.25, -0.2) is 0 Å². The summed E-state index contributed by atoms with van der Waals surface area (Å²) in [5, 5.41) is 11.6. The number of hydrogen-bond acceptors (Lipinski definition) is 5. The van der Waals surface area contributed by atoms with Crippen molar-refractivity contribution >= 4 is 41.5 Å². The minimum atomic E-state index is -0.148. The quantitative estimate of drug-likeness (QED) is 0.336. The molecule has 3 rings (SSSR count). The van der Waals surface area contributed by atoms with Gasteiger partial charge in [0.05, 0.1) is 6.54 Å². The Bertz CT molecular complexity index is 810. The lowest BCUT2D eigenvalue weighted by Gasteiger charge is -2.33. The third-order valence-electron chi connectivity index (χ3n) is 5.00. The second-order valence-electron chi connectivity index (χ2n) is 8.51. The largest absolute Gasteiger partial charge is 0.354 e. The standard InChI is InChI=1S/C21H31ClN6O.HI/c1-21(2,3)19-26-18(27-29-19)13-24-20(23-4)25-17-9-11-28(12-10-17)14-15-5-7-16(22)8-6-15;/h5-8,17H,9-14H2,1-4H3,(H2,23,24,25);1H. The van der Waals surface area contributed by atoms with E-state index < -0.39 is 0 Å². The molecule has 0 spiro atoms. The van der Waals surface area contributed by atoms with E-state index in [2.05, 4.69) is 63.6 Å². The molecule has 0 saturated carbocycles. The average molecular weight is 547 g/mol. The fourth-order valence-electron chi connectivity index (χ4n) is 3.26. The van der Waals surface area contributed by atoms with Crippen molar-refractivity contribution in [3.05, 3.63) is 46.6 Å². The number of piperidine rings is 1. The summed E-state index contributed by atoms with van der Waals surface area (Å²) in [5.41, 5.74) is 1.15. The maximum Gasteiger partial charge on any atom is 0.232 e. The Morgan fingerprint density at radius 3 is 2.47 bits per heavy atom. The van der Waals surface area contributed by atoms with Gasteiger partial charge < -0.3 is 15.2 Å². The number of nitrogens with zero attached hydrogens (tertiary/aromatic N) is 4. The Labute approximate surface area is 201 Å². The van der Waals surface area contributed by atoms with Crippen LogP contribution in [0.25, 0.3) is 0 Å². The summed E-state index contributed by atoms with van der Waals surface area (Å²) >= 11 is 5.97. The molecule has 0 aliphatic carbocycles. The highest BCUT2D eigenvalue weighted by Gasteiger charge is 2.22. The molecule has 1 saturated heterocycles. The van der Waals surface area contributed by atoms with Crippen molar-refractivity contribution in [3.63, 3.8) is 0 Å². The number of nitrogens with one attached hydrogen (secondary N) is 2. The molecular formula is C21H32ClIN6O. The summed E-state index contributed by atoms with van der Waals surface area (Å²) in [6, 6.07) is 8.51. The first-order chi connectivity index (χ1) is 13.8. The molecule has 9 heteroatoms. The Balaban J connectivity index is 0.00000320. The molecule has 2 N–H and O–H groups in total. The van der Waals surface area contributed by atoms with Crippen LogP contribution >= 0.6 is 35.6 Å². The molecule has 0 unspecified atom stereocenters. The number of guanidine groups is 1. The minimum absolute atomic E-state index is 0. The zero-order valence-corrected chi connectivity index (χ0v) is 21.2. The van der Waals surface area contributed by atoms with Gasteiger partial charge in [0, 0.05) is 43.2 Å². The molecule has 7 nitrogen and oxygen atoms in total. The molecular weight excluding hydrogens is 515 g/mol. The van der Waals surface area contributed by atoms with Crippen LogP contribution in [0, 0.1) is 0 Å². The zero-order chi connectivity index (χ0) is 20.9. The number of hydrogen-bond donors (Lipinski definition) is 2. The first kappa shape index (κ1) is 24.9. The predicted octanol–water partition coefficient (Wildman–Crippen LogP) is 3.97. The molecule has 1 aliphatic heterocycles. The highest BCUT2D eigenvalue weighted by molar-refractivity contribution is 14.0. The summed E-state index contributed by atoms with van der Waals surface area (Å²) in [4.78, 5) is 11.3. The molecule has 1 aromatic carbocycles. The first-order valence-electron chi connectivity index (χ1n) is 10.1. The molecule has 1 aliphatic rings. The summed E-state index contributed by atoms with van der Waals surface area (Å²) < 4.78 is 5.34. The van der Waals surface area contributed by atoms with Crippen molar-refractivity contribution in [2.24, 2.45) is 4.99 Å². The predicted molar refractivity (Wildman–Crippen MR) is 131 cm³/mol. The van der Waals surface area contributed by atoms with Crippen LogP contribution in [0.1, 0.15) is 50.9 Å². The van der Waals surface area contributed by atoms with E-state index >= 15 is 0 Å². The van der Waals surface area contributed by atoms with Crippen LogP contribution < -0.4 is 10.6 Å². The van der Waals surface area contributed by atoms with E-state index in [9.17, 15) is 0 Å². The fourth-order valence-corrected chi connectivity index (χ4v) is 3.39. The van der Waals surface area contributed by atoms with Crippen LogP contribution in [0.2, 0.25) is 5.02 Å². The molecule has 0 radical (unpaired) electrons. The van der Waals surface area contributed by atoms with Crippen molar-refractivity contribution in [3.8, 4) is 0 Å². The Hall–Kier alpha value is -1.39. The molecule has 0 amide bonds. The van der Waals surface area contributed by atoms with Gasteiger partial charge in [-0.1, -0.05) is 49.7 Å². The average Bonchev–Trinajstić information content (AvgIpc) is 3.18. The number of likely N-dealkylation sites (tertiary alicyclic amines) is 1. The zero-order valence-electron chi connectivity index (χ0n) is 18.1. The van der Waals surface area contributed by atoms with E-state index in [4.69, 9.17) is 16.1 Å². The van der Waals surface area contributed by atoms with Gasteiger partial charge in [-0.15, -0.1) is 24.0 Å². The fraction of sp³-hybridized carbons (Fsp3) is 0.571. The normalized spacial score (nSPS) is 16.2. The van der Waals surface area contributed by atoms with Crippen molar-refractivity contribution in [1.82, 2.24) is 25.7 Å². The SMILES string of the molecule is CN=C(NCc1noc(C(C)(C)C)n1)NC1CCN(Cc2ccc(Cl)cc2)CC1.I. The van der Waals surface area contributed by atoms with Gasteiger partial charge in [0.1, 0.15) is 0 Å². The lowest BCUT2D eigenvalue weighted by molar-refractivity contribution is 0.198. The molecule has 1 aromatic heterocycles. The Morgan fingerprint density at radius 2 is 1.90 bits per heavy atom. The third kappa shape index (κ3) is 7.39. The molecule has 1 fully saturated rings. The number of aromatic nitrogens is 2. The van der Waals surface area contributed by atoms with Gasteiger partial charge in [-0.2, -0.15) is 4.98 Å². The molecule has 2 aromatic rings. The number of halogens is 2. The van der Waals surface area contributed by atoms with Crippen LogP contribution in [0.15, 0.2) is 33.8 Å². The van der Waals surface area contributed by atoms with E-state index in [0.717, 1.165) is 43.5 Å². The monoisotopic (exact) mass is 546 g/mol. The van der Waals surface area contributed by atoms with Gasteiger partial charge in [0.15, 0.2) is 11.8 Å². The summed E-state index contributed by atoms with van der Waals surface area (Å²) in [5.74, 6) is 2.05. The van der Waals surface area contributed by atoms with E-state index in [1.54, 1.807) is 7.05 Å². The Kier molecular flexibility index (Phi) is 9.36. The lowest BCUT2D eigenvalue weighted by atomic mass is 9.97. The van der Waals surface area contributed by atoms with E-state index in [1.807, 2.05) is 12.1 Å². The first-order valence-corrected chi connectivity index (χ1v) is 10.5. The van der Waals surface area contributed by atoms with Gasteiger partial charge in [0.25, 0.3) is 0 Å². The van der Waals surface area contributed by atoms with Crippen molar-refractivity contribution in [1.29, 1.82) is 0 Å². The van der Waals surface area contributed by atoms with Crippen molar-refractivity contribution in [2.45, 2.75) is 58.2 Å². The van der Waals surface area contributed by atoms with Crippen LogP contribution in [-0.2, 0) is 18.5 Å². The lowest BCUT2D eigenvalue weighted by Crippen LogP contribution is -2.48. The molecule has 2 heterocycles. The van der Waals surface area contributed by atoms with Crippen LogP contribution in [0.4, 0.5) is 0 Å². The van der Waals surface area contributed by atoms with Gasteiger partial charge in [-0.05, 0) is 30.5 Å². The van der Waals surface area contributed by atoms with Gasteiger partial charge in [0.2, 0.25) is 5.89 Å². The maximum atomic E-state index is 5.97. The highest BCUT2D eigenvalue weighted by atomic mass is 127.